The number of hydrogen-bond acceptors (Lipinski definition) is 5. The Hall–Kier alpha value is -1.86. The van der Waals surface area contributed by atoms with Crippen LogP contribution in [0.15, 0.2) is 29.3 Å². The fourth-order valence-corrected chi connectivity index (χ4v) is 2.57. The van der Waals surface area contributed by atoms with Crippen LogP contribution in [0.4, 0.5) is 5.69 Å². The third-order valence-corrected chi connectivity index (χ3v) is 4.08. The molecule has 7 heteroatoms. The van der Waals surface area contributed by atoms with Crippen molar-refractivity contribution in [3.63, 3.8) is 0 Å². The van der Waals surface area contributed by atoms with Crippen molar-refractivity contribution in [2.24, 2.45) is 4.99 Å². The highest BCUT2D eigenvalue weighted by atomic mass is 32.1. The predicted octanol–water partition coefficient (Wildman–Crippen LogP) is 2.13. The number of nitrogen functional groups attached to an aromatic ring is 1. The second-order valence-corrected chi connectivity index (χ2v) is 5.74. The third-order valence-electron chi connectivity index (χ3n) is 3.29. The van der Waals surface area contributed by atoms with Gasteiger partial charge in [-0.05, 0) is 17.7 Å². The van der Waals surface area contributed by atoms with Crippen molar-refractivity contribution in [3.05, 3.63) is 29.8 Å². The first-order valence-electron chi connectivity index (χ1n) is 6.85. The molecule has 0 aromatic heterocycles. The number of benzene rings is 1. The van der Waals surface area contributed by atoms with Crippen LogP contribution in [0.2, 0.25) is 0 Å². The second-order valence-electron chi connectivity index (χ2n) is 4.91. The second kappa shape index (κ2) is 6.93. The van der Waals surface area contributed by atoms with E-state index in [0.29, 0.717) is 17.1 Å². The molecule has 1 unspecified atom stereocenters. The van der Waals surface area contributed by atoms with E-state index in [9.17, 15) is 4.79 Å². The normalized spacial score (nSPS) is 18.2. The minimum Gasteiger partial charge on any atom is -0.447 e. The summed E-state index contributed by atoms with van der Waals surface area (Å²) in [5, 5.41) is 0. The Labute approximate surface area is 140 Å². The van der Waals surface area contributed by atoms with Crippen LogP contribution < -0.4 is 5.73 Å². The Morgan fingerprint density at radius 3 is 2.59 bits per heavy atom. The molecule has 0 aliphatic carbocycles. The summed E-state index contributed by atoms with van der Waals surface area (Å²) in [5.41, 5.74) is 7.44. The van der Waals surface area contributed by atoms with E-state index >= 15 is 0 Å². The quantitative estimate of drug-likeness (QED) is 0.516. The summed E-state index contributed by atoms with van der Waals surface area (Å²) in [5.74, 6) is 0.379. The first kappa shape index (κ1) is 16.5. The van der Waals surface area contributed by atoms with Gasteiger partial charge in [-0.1, -0.05) is 43.5 Å². The molecule has 1 aromatic carbocycles. The third kappa shape index (κ3) is 3.66. The molecule has 1 aromatic rings. The minimum atomic E-state index is -0.738. The van der Waals surface area contributed by atoms with Crippen molar-refractivity contribution in [1.29, 1.82) is 0 Å². The number of carbonyl (C=O) groups is 1. The van der Waals surface area contributed by atoms with Gasteiger partial charge in [-0.2, -0.15) is 0 Å². The first-order chi connectivity index (χ1) is 10.4. The minimum absolute atomic E-state index is 0.271. The molecule has 0 spiro atoms. The molecule has 0 amide bonds. The maximum atomic E-state index is 11.5. The van der Waals surface area contributed by atoms with Crippen LogP contribution in [0, 0.1) is 0 Å². The van der Waals surface area contributed by atoms with Crippen molar-refractivity contribution in [1.82, 2.24) is 4.90 Å². The number of hydrogen-bond donors (Lipinski definition) is 1. The standard InChI is InChI=1S/C15H17N3O2S2/c1-3-12(19)20-13-14(21)17-11(18(2)15(13)22)8-9-4-6-10(16)7-5-9/h4-7,13H,3,8,16H2,1-2H3. The van der Waals surface area contributed by atoms with Crippen LogP contribution in [-0.2, 0) is 16.0 Å². The van der Waals surface area contributed by atoms with Gasteiger partial charge in [0.15, 0.2) is 4.99 Å². The zero-order valence-electron chi connectivity index (χ0n) is 12.4. The van der Waals surface area contributed by atoms with Gasteiger partial charge >= 0.3 is 5.97 Å². The number of anilines is 1. The Kier molecular flexibility index (Phi) is 5.20. The van der Waals surface area contributed by atoms with Gasteiger partial charge in [0.2, 0.25) is 6.10 Å². The molecule has 0 saturated carbocycles. The molecular weight excluding hydrogens is 318 g/mol. The molecule has 0 radical (unpaired) electrons. The lowest BCUT2D eigenvalue weighted by molar-refractivity contribution is -0.143. The number of likely N-dealkylation sites (N-methyl/N-ethyl adjacent to an activating group) is 1. The van der Waals surface area contributed by atoms with Crippen LogP contribution in [0.1, 0.15) is 18.9 Å². The molecule has 5 nitrogen and oxygen atoms in total. The molecular formula is C15H17N3O2S2. The van der Waals surface area contributed by atoms with Gasteiger partial charge in [-0.3, -0.25) is 4.79 Å². The number of thiocarbonyl (C=S) groups is 2. The van der Waals surface area contributed by atoms with Crippen molar-refractivity contribution in [2.75, 3.05) is 12.8 Å². The van der Waals surface area contributed by atoms with Gasteiger partial charge in [-0.25, -0.2) is 4.99 Å². The van der Waals surface area contributed by atoms with E-state index in [4.69, 9.17) is 34.9 Å². The molecule has 0 fully saturated rings. The maximum Gasteiger partial charge on any atom is 0.306 e. The van der Waals surface area contributed by atoms with E-state index in [1.165, 1.54) is 0 Å². The van der Waals surface area contributed by atoms with Gasteiger partial charge in [0.05, 0.1) is 0 Å². The average molecular weight is 335 g/mol. The highest BCUT2D eigenvalue weighted by Gasteiger charge is 2.32. The summed E-state index contributed by atoms with van der Waals surface area (Å²) in [6.07, 6.45) is 0.108. The summed E-state index contributed by atoms with van der Waals surface area (Å²) in [6.45, 7) is 1.72. The summed E-state index contributed by atoms with van der Waals surface area (Å²) >= 11 is 10.6. The summed E-state index contributed by atoms with van der Waals surface area (Å²) in [4.78, 5) is 18.3. The zero-order chi connectivity index (χ0) is 16.3. The molecule has 1 atom stereocenters. The molecule has 1 heterocycles. The Morgan fingerprint density at radius 1 is 1.36 bits per heavy atom. The highest BCUT2D eigenvalue weighted by molar-refractivity contribution is 7.82. The topological polar surface area (TPSA) is 67.9 Å². The van der Waals surface area contributed by atoms with E-state index in [-0.39, 0.29) is 17.4 Å². The van der Waals surface area contributed by atoms with Crippen LogP contribution in [0.5, 0.6) is 0 Å². The lowest BCUT2D eigenvalue weighted by Gasteiger charge is -2.31. The Bertz CT molecular complexity index is 641. The summed E-state index contributed by atoms with van der Waals surface area (Å²) in [7, 11) is 1.80. The van der Waals surface area contributed by atoms with Crippen molar-refractivity contribution >= 4 is 51.9 Å². The maximum absolute atomic E-state index is 11.5. The van der Waals surface area contributed by atoms with Crippen LogP contribution in [0.25, 0.3) is 0 Å². The van der Waals surface area contributed by atoms with E-state index < -0.39 is 6.10 Å². The molecule has 22 heavy (non-hydrogen) atoms. The van der Waals surface area contributed by atoms with Gasteiger partial charge in [0, 0.05) is 25.6 Å². The predicted molar refractivity (Wildman–Crippen MR) is 95.1 cm³/mol. The number of esters is 1. The molecule has 116 valence electrons. The molecule has 1 aliphatic rings. The van der Waals surface area contributed by atoms with Gasteiger partial charge in [-0.15, -0.1) is 0 Å². The number of nitrogens with two attached hydrogens (primary N) is 1. The van der Waals surface area contributed by atoms with E-state index in [1.807, 2.05) is 24.3 Å². The highest BCUT2D eigenvalue weighted by Crippen LogP contribution is 2.16. The van der Waals surface area contributed by atoms with Crippen molar-refractivity contribution in [3.8, 4) is 0 Å². The van der Waals surface area contributed by atoms with Gasteiger partial charge in [0.1, 0.15) is 10.8 Å². The van der Waals surface area contributed by atoms with Crippen molar-refractivity contribution in [2.45, 2.75) is 25.9 Å². The SMILES string of the molecule is CCC(=O)OC1C(=S)N=C(Cc2ccc(N)cc2)N(C)C1=S. The van der Waals surface area contributed by atoms with Gasteiger partial charge in [0.25, 0.3) is 0 Å². The number of aliphatic imine (C=N–C) groups is 1. The Balaban J connectivity index is 2.18. The fraction of sp³-hybridized carbons (Fsp3) is 0.333. The van der Waals surface area contributed by atoms with E-state index in [1.54, 1.807) is 18.9 Å². The molecule has 2 rings (SSSR count). The lowest BCUT2D eigenvalue weighted by Crippen LogP contribution is -2.49. The number of nitrogens with zero attached hydrogens (tertiary/aromatic N) is 2. The van der Waals surface area contributed by atoms with E-state index in [0.717, 1.165) is 11.4 Å². The van der Waals surface area contributed by atoms with Crippen LogP contribution in [0.3, 0.4) is 0 Å². The smallest absolute Gasteiger partial charge is 0.306 e. The molecule has 1 aliphatic heterocycles. The molecule has 0 bridgehead atoms. The number of ether oxygens (including phenoxy) is 1. The van der Waals surface area contributed by atoms with Crippen LogP contribution in [-0.4, -0.2) is 39.8 Å². The zero-order valence-corrected chi connectivity index (χ0v) is 14.0. The lowest BCUT2D eigenvalue weighted by atomic mass is 10.1. The average Bonchev–Trinajstić information content (AvgIpc) is 2.50. The summed E-state index contributed by atoms with van der Waals surface area (Å²) in [6, 6.07) is 7.53. The molecule has 2 N–H and O–H groups in total. The number of rotatable bonds is 4. The van der Waals surface area contributed by atoms with Crippen LogP contribution >= 0.6 is 24.4 Å². The van der Waals surface area contributed by atoms with E-state index in [2.05, 4.69) is 4.99 Å². The van der Waals surface area contributed by atoms with Crippen molar-refractivity contribution < 1.29 is 9.53 Å². The Morgan fingerprint density at radius 2 is 2.00 bits per heavy atom. The fourth-order valence-electron chi connectivity index (χ4n) is 1.96. The summed E-state index contributed by atoms with van der Waals surface area (Å²) < 4.78 is 5.26. The number of carbonyl (C=O) groups excluding carboxylic acids is 1. The monoisotopic (exact) mass is 335 g/mol. The molecule has 0 saturated heterocycles. The first-order valence-corrected chi connectivity index (χ1v) is 7.67. The van der Waals surface area contributed by atoms with Gasteiger partial charge < -0.3 is 15.4 Å². The largest absolute Gasteiger partial charge is 0.447 e. The number of amidine groups is 1.